The van der Waals surface area contributed by atoms with E-state index in [1.807, 2.05) is 0 Å². The molecule has 1 N–H and O–H groups in total. The van der Waals surface area contributed by atoms with E-state index in [4.69, 9.17) is 11.6 Å². The quantitative estimate of drug-likeness (QED) is 0.653. The molecule has 1 aromatic heterocycles. The molecule has 0 bridgehead atoms. The van der Waals surface area contributed by atoms with Crippen LogP contribution >= 0.6 is 11.6 Å². The van der Waals surface area contributed by atoms with Crippen molar-refractivity contribution >= 4 is 17.4 Å². The number of halogens is 4. The highest BCUT2D eigenvalue weighted by molar-refractivity contribution is 6.29. The van der Waals surface area contributed by atoms with E-state index < -0.39 is 11.7 Å². The lowest BCUT2D eigenvalue weighted by Gasteiger charge is -2.13. The third kappa shape index (κ3) is 3.41. The maximum Gasteiger partial charge on any atom is 0.416 e. The van der Waals surface area contributed by atoms with Crippen molar-refractivity contribution < 1.29 is 13.2 Å². The van der Waals surface area contributed by atoms with Gasteiger partial charge in [0, 0.05) is 6.04 Å². The zero-order chi connectivity index (χ0) is 12.3. The van der Waals surface area contributed by atoms with Gasteiger partial charge < -0.3 is 5.32 Å². The number of hydrogen-bond donors (Lipinski definition) is 1. The highest BCUT2D eigenvalue weighted by atomic mass is 35.5. The zero-order valence-corrected chi connectivity index (χ0v) is 9.23. The average Bonchev–Trinajstić information content (AvgIpc) is 2.15. The van der Waals surface area contributed by atoms with Crippen LogP contribution in [0.15, 0.2) is 24.8 Å². The van der Waals surface area contributed by atoms with Crippen molar-refractivity contribution in [2.24, 2.45) is 0 Å². The summed E-state index contributed by atoms with van der Waals surface area (Å²) in [5.41, 5.74) is -0.828. The lowest BCUT2D eigenvalue weighted by atomic mass is 10.2. The molecule has 0 radical (unpaired) electrons. The van der Waals surface area contributed by atoms with Crippen LogP contribution in [0.2, 0.25) is 5.15 Å². The second kappa shape index (κ2) is 4.74. The number of hydrogen-bond acceptors (Lipinski definition) is 2. The minimum Gasteiger partial charge on any atom is -0.364 e. The van der Waals surface area contributed by atoms with E-state index in [2.05, 4.69) is 16.9 Å². The van der Waals surface area contributed by atoms with Crippen LogP contribution in [-0.2, 0) is 6.18 Å². The van der Waals surface area contributed by atoms with Crippen molar-refractivity contribution in [1.29, 1.82) is 0 Å². The van der Waals surface area contributed by atoms with Crippen molar-refractivity contribution in [3.05, 3.63) is 35.5 Å². The third-order valence-corrected chi connectivity index (χ3v) is 2.04. The largest absolute Gasteiger partial charge is 0.416 e. The topological polar surface area (TPSA) is 24.9 Å². The Morgan fingerprint density at radius 3 is 2.62 bits per heavy atom. The molecule has 0 aliphatic rings. The van der Waals surface area contributed by atoms with Crippen LogP contribution in [0.4, 0.5) is 19.0 Å². The summed E-state index contributed by atoms with van der Waals surface area (Å²) in [4.78, 5) is 3.74. The molecule has 1 rings (SSSR count). The molecule has 1 heterocycles. The van der Waals surface area contributed by atoms with E-state index in [0.29, 0.717) is 0 Å². The number of anilines is 1. The number of nitrogens with zero attached hydrogens (tertiary/aromatic N) is 1. The molecule has 6 heteroatoms. The molecule has 0 amide bonds. The Balaban J connectivity index is 3.03. The van der Waals surface area contributed by atoms with Gasteiger partial charge in [0.15, 0.2) is 0 Å². The van der Waals surface area contributed by atoms with Gasteiger partial charge in [-0.05, 0) is 19.1 Å². The van der Waals surface area contributed by atoms with Crippen molar-refractivity contribution in [3.8, 4) is 0 Å². The number of aromatic nitrogens is 1. The van der Waals surface area contributed by atoms with Crippen LogP contribution in [0.1, 0.15) is 12.5 Å². The molecule has 16 heavy (non-hydrogen) atoms. The summed E-state index contributed by atoms with van der Waals surface area (Å²) in [7, 11) is 0. The molecule has 0 aliphatic heterocycles. The van der Waals surface area contributed by atoms with Crippen molar-refractivity contribution in [1.82, 2.24) is 4.98 Å². The number of pyridine rings is 1. The number of rotatable bonds is 3. The molecule has 1 aromatic rings. The lowest BCUT2D eigenvalue weighted by Crippen LogP contribution is -2.14. The summed E-state index contributed by atoms with van der Waals surface area (Å²) < 4.78 is 37.3. The Morgan fingerprint density at radius 2 is 2.12 bits per heavy atom. The van der Waals surface area contributed by atoms with E-state index in [-0.39, 0.29) is 17.0 Å². The van der Waals surface area contributed by atoms with Gasteiger partial charge in [-0.25, -0.2) is 4.98 Å². The first-order valence-electron chi connectivity index (χ1n) is 4.47. The van der Waals surface area contributed by atoms with Gasteiger partial charge in [0.1, 0.15) is 11.0 Å². The Labute approximate surface area is 96.1 Å². The predicted octanol–water partition coefficient (Wildman–Crippen LogP) is 3.74. The van der Waals surface area contributed by atoms with E-state index in [9.17, 15) is 13.2 Å². The monoisotopic (exact) mass is 250 g/mol. The first kappa shape index (κ1) is 12.8. The molecule has 1 atom stereocenters. The minimum atomic E-state index is -4.43. The lowest BCUT2D eigenvalue weighted by molar-refractivity contribution is -0.137. The highest BCUT2D eigenvalue weighted by Crippen LogP contribution is 2.31. The normalized spacial score (nSPS) is 13.3. The molecule has 1 unspecified atom stereocenters. The van der Waals surface area contributed by atoms with Crippen LogP contribution in [-0.4, -0.2) is 11.0 Å². The Kier molecular flexibility index (Phi) is 3.80. The molecule has 0 aromatic carbocycles. The number of alkyl halides is 3. The molecule has 0 fully saturated rings. The zero-order valence-electron chi connectivity index (χ0n) is 8.48. The second-order valence-corrected chi connectivity index (χ2v) is 3.62. The summed E-state index contributed by atoms with van der Waals surface area (Å²) in [5.74, 6) is 0.0761. The summed E-state index contributed by atoms with van der Waals surface area (Å²) in [6.45, 7) is 5.24. The fourth-order valence-corrected chi connectivity index (χ4v) is 1.24. The van der Waals surface area contributed by atoms with E-state index >= 15 is 0 Å². The summed E-state index contributed by atoms with van der Waals surface area (Å²) >= 11 is 5.51. The highest BCUT2D eigenvalue weighted by Gasteiger charge is 2.31. The van der Waals surface area contributed by atoms with Gasteiger partial charge in [0.25, 0.3) is 0 Å². The molecule has 0 saturated carbocycles. The van der Waals surface area contributed by atoms with E-state index in [0.717, 1.165) is 12.1 Å². The molecular weight excluding hydrogens is 241 g/mol. The molecule has 0 spiro atoms. The van der Waals surface area contributed by atoms with Gasteiger partial charge in [0.05, 0.1) is 5.56 Å². The SMILES string of the molecule is C=CC(C)Nc1cc(C(F)(F)F)cc(Cl)n1. The Bertz CT molecular complexity index is 390. The number of nitrogens with one attached hydrogen (secondary N) is 1. The maximum atomic E-state index is 12.4. The van der Waals surface area contributed by atoms with Gasteiger partial charge >= 0.3 is 6.18 Å². The average molecular weight is 251 g/mol. The van der Waals surface area contributed by atoms with Gasteiger partial charge in [-0.3, -0.25) is 0 Å². The fourth-order valence-electron chi connectivity index (χ4n) is 1.03. The van der Waals surface area contributed by atoms with Crippen LogP contribution in [0.5, 0.6) is 0 Å². The third-order valence-electron chi connectivity index (χ3n) is 1.85. The fraction of sp³-hybridized carbons (Fsp3) is 0.300. The van der Waals surface area contributed by atoms with Crippen molar-refractivity contribution in [3.63, 3.8) is 0 Å². The summed E-state index contributed by atoms with van der Waals surface area (Å²) in [6, 6.07) is 1.50. The molecule has 2 nitrogen and oxygen atoms in total. The van der Waals surface area contributed by atoms with Crippen LogP contribution in [0, 0.1) is 0 Å². The first-order chi connectivity index (χ1) is 7.32. The second-order valence-electron chi connectivity index (χ2n) is 3.23. The first-order valence-corrected chi connectivity index (χ1v) is 4.84. The molecular formula is C10H10ClF3N2. The molecule has 0 aliphatic carbocycles. The van der Waals surface area contributed by atoms with E-state index in [1.165, 1.54) is 0 Å². The minimum absolute atomic E-state index is 0.0761. The smallest absolute Gasteiger partial charge is 0.364 e. The van der Waals surface area contributed by atoms with Gasteiger partial charge in [-0.15, -0.1) is 6.58 Å². The van der Waals surface area contributed by atoms with Gasteiger partial charge in [-0.1, -0.05) is 17.7 Å². The predicted molar refractivity (Wildman–Crippen MR) is 57.5 cm³/mol. The van der Waals surface area contributed by atoms with Crippen molar-refractivity contribution in [2.75, 3.05) is 5.32 Å². The van der Waals surface area contributed by atoms with Crippen molar-refractivity contribution in [2.45, 2.75) is 19.1 Å². The van der Waals surface area contributed by atoms with E-state index in [1.54, 1.807) is 13.0 Å². The van der Waals surface area contributed by atoms with Gasteiger partial charge in [0.2, 0.25) is 0 Å². The summed E-state index contributed by atoms with van der Waals surface area (Å²) in [5, 5.41) is 2.53. The van der Waals surface area contributed by atoms with Gasteiger partial charge in [-0.2, -0.15) is 13.2 Å². The summed E-state index contributed by atoms with van der Waals surface area (Å²) in [6.07, 6.45) is -2.88. The van der Waals surface area contributed by atoms with Crippen LogP contribution in [0.25, 0.3) is 0 Å². The molecule has 0 saturated heterocycles. The Hall–Kier alpha value is -1.23. The van der Waals surface area contributed by atoms with Crippen LogP contribution in [0.3, 0.4) is 0 Å². The van der Waals surface area contributed by atoms with Crippen LogP contribution < -0.4 is 5.32 Å². The maximum absolute atomic E-state index is 12.4. The Morgan fingerprint density at radius 1 is 1.50 bits per heavy atom. The molecule has 88 valence electrons. The standard InChI is InChI=1S/C10H10ClF3N2/c1-3-6(2)15-9-5-7(10(12,13)14)4-8(11)16-9/h3-6H,1H2,2H3,(H,15,16).